The van der Waals surface area contributed by atoms with Gasteiger partial charge in [-0.3, -0.25) is 9.59 Å². The van der Waals surface area contributed by atoms with Crippen LogP contribution in [0.2, 0.25) is 0 Å². The molecular weight excluding hydrogens is 338 g/mol. The number of halogens is 1. The minimum absolute atomic E-state index is 0. The molecule has 3 N–H and O–H groups in total. The maximum absolute atomic E-state index is 12.2. The maximum Gasteiger partial charge on any atom is 0.251 e. The third-order valence-corrected chi connectivity index (χ3v) is 4.79. The van der Waals surface area contributed by atoms with Crippen molar-refractivity contribution in [2.45, 2.75) is 51.0 Å². The summed E-state index contributed by atoms with van der Waals surface area (Å²) in [5.41, 5.74) is 1.37. The third-order valence-electron chi connectivity index (χ3n) is 4.79. The lowest BCUT2D eigenvalue weighted by molar-refractivity contribution is -0.115. The van der Waals surface area contributed by atoms with Crippen LogP contribution in [0.1, 0.15) is 55.3 Å². The van der Waals surface area contributed by atoms with Crippen molar-refractivity contribution in [1.29, 1.82) is 0 Å². The molecule has 138 valence electrons. The van der Waals surface area contributed by atoms with Gasteiger partial charge in [0.15, 0.2) is 0 Å². The Bertz CT molecular complexity index is 567. The normalized spacial score (nSPS) is 17.4. The molecule has 2 aliphatic rings. The van der Waals surface area contributed by atoms with Crippen molar-refractivity contribution >= 4 is 29.9 Å². The van der Waals surface area contributed by atoms with Crippen LogP contribution in [0.3, 0.4) is 0 Å². The van der Waals surface area contributed by atoms with Crippen LogP contribution in [-0.2, 0) is 4.79 Å². The topological polar surface area (TPSA) is 70.2 Å². The molecule has 2 fully saturated rings. The van der Waals surface area contributed by atoms with Crippen LogP contribution >= 0.6 is 12.4 Å². The number of hydrogen-bond acceptors (Lipinski definition) is 3. The van der Waals surface area contributed by atoms with Gasteiger partial charge in [-0.05, 0) is 62.4 Å². The average molecular weight is 366 g/mol. The minimum Gasteiger partial charge on any atom is -0.349 e. The first-order valence-electron chi connectivity index (χ1n) is 9.12. The molecule has 0 spiro atoms. The Morgan fingerprint density at radius 3 is 2.28 bits per heavy atom. The van der Waals surface area contributed by atoms with E-state index < -0.39 is 0 Å². The fourth-order valence-corrected chi connectivity index (χ4v) is 3.14. The molecule has 2 saturated carbocycles. The molecule has 0 aromatic heterocycles. The third kappa shape index (κ3) is 6.67. The zero-order valence-electron chi connectivity index (χ0n) is 14.6. The Balaban J connectivity index is 0.00000225. The average Bonchev–Trinajstić information content (AvgIpc) is 3.41. The van der Waals surface area contributed by atoms with Crippen LogP contribution in [-0.4, -0.2) is 30.9 Å². The second kappa shape index (κ2) is 9.78. The Labute approximate surface area is 155 Å². The smallest absolute Gasteiger partial charge is 0.251 e. The zero-order chi connectivity index (χ0) is 16.8. The van der Waals surface area contributed by atoms with E-state index in [0.29, 0.717) is 18.2 Å². The van der Waals surface area contributed by atoms with E-state index in [1.807, 2.05) is 0 Å². The SMILES string of the molecule is Cl.O=C(CNCC1CC1)Nc1ccc(C(=O)NC2CCCCC2)cc1. The molecule has 6 heteroatoms. The van der Waals surface area contributed by atoms with Gasteiger partial charge in [0.2, 0.25) is 5.91 Å². The number of rotatable bonds is 7. The second-order valence-corrected chi connectivity index (χ2v) is 7.01. The molecule has 25 heavy (non-hydrogen) atoms. The monoisotopic (exact) mass is 365 g/mol. The highest BCUT2D eigenvalue weighted by atomic mass is 35.5. The standard InChI is InChI=1S/C19H27N3O2.ClH/c23-18(13-20-12-14-6-7-14)21-17-10-8-15(9-11-17)19(24)22-16-4-2-1-3-5-16;/h8-11,14,16,20H,1-7,12-13H2,(H,21,23)(H,22,24);1H. The summed E-state index contributed by atoms with van der Waals surface area (Å²) in [4.78, 5) is 24.1. The number of amides is 2. The predicted molar refractivity (Wildman–Crippen MR) is 102 cm³/mol. The number of carbonyl (C=O) groups excluding carboxylic acids is 2. The van der Waals surface area contributed by atoms with E-state index in [2.05, 4.69) is 16.0 Å². The first kappa shape index (κ1) is 19.7. The van der Waals surface area contributed by atoms with Crippen molar-refractivity contribution in [2.24, 2.45) is 5.92 Å². The van der Waals surface area contributed by atoms with Gasteiger partial charge in [0.05, 0.1) is 6.54 Å². The van der Waals surface area contributed by atoms with E-state index in [1.54, 1.807) is 24.3 Å². The van der Waals surface area contributed by atoms with E-state index in [9.17, 15) is 9.59 Å². The first-order chi connectivity index (χ1) is 11.7. The van der Waals surface area contributed by atoms with Gasteiger partial charge in [-0.2, -0.15) is 0 Å². The Kier molecular flexibility index (Phi) is 7.72. The molecule has 0 atom stereocenters. The van der Waals surface area contributed by atoms with E-state index in [0.717, 1.165) is 31.0 Å². The molecule has 1 aromatic carbocycles. The van der Waals surface area contributed by atoms with Crippen LogP contribution in [0.25, 0.3) is 0 Å². The quantitative estimate of drug-likeness (QED) is 0.695. The summed E-state index contributed by atoms with van der Waals surface area (Å²) < 4.78 is 0. The van der Waals surface area contributed by atoms with Crippen LogP contribution in [0.4, 0.5) is 5.69 Å². The zero-order valence-corrected chi connectivity index (χ0v) is 15.4. The van der Waals surface area contributed by atoms with Crippen molar-refractivity contribution in [3.05, 3.63) is 29.8 Å². The van der Waals surface area contributed by atoms with Crippen molar-refractivity contribution in [2.75, 3.05) is 18.4 Å². The summed E-state index contributed by atoms with van der Waals surface area (Å²) in [7, 11) is 0. The van der Waals surface area contributed by atoms with Gasteiger partial charge in [-0.1, -0.05) is 19.3 Å². The molecule has 0 saturated heterocycles. The van der Waals surface area contributed by atoms with Crippen LogP contribution in [0.5, 0.6) is 0 Å². The number of hydrogen-bond donors (Lipinski definition) is 3. The largest absolute Gasteiger partial charge is 0.349 e. The van der Waals surface area contributed by atoms with Gasteiger partial charge in [-0.25, -0.2) is 0 Å². The van der Waals surface area contributed by atoms with Crippen molar-refractivity contribution < 1.29 is 9.59 Å². The molecule has 0 aliphatic heterocycles. The van der Waals surface area contributed by atoms with Crippen LogP contribution in [0.15, 0.2) is 24.3 Å². The molecule has 1 aromatic rings. The molecule has 0 radical (unpaired) electrons. The number of nitrogens with one attached hydrogen (secondary N) is 3. The lowest BCUT2D eigenvalue weighted by Crippen LogP contribution is -2.36. The molecule has 0 bridgehead atoms. The number of anilines is 1. The summed E-state index contributed by atoms with van der Waals surface area (Å²) in [6.07, 6.45) is 8.38. The molecule has 0 heterocycles. The Hall–Kier alpha value is -1.59. The van der Waals surface area contributed by atoms with Gasteiger partial charge >= 0.3 is 0 Å². The summed E-state index contributed by atoms with van der Waals surface area (Å²) in [6, 6.07) is 7.42. The van der Waals surface area contributed by atoms with E-state index in [4.69, 9.17) is 0 Å². The van der Waals surface area contributed by atoms with Gasteiger partial charge in [-0.15, -0.1) is 12.4 Å². The highest BCUT2D eigenvalue weighted by molar-refractivity contribution is 5.96. The van der Waals surface area contributed by atoms with Gasteiger partial charge < -0.3 is 16.0 Å². The predicted octanol–water partition coefficient (Wildman–Crippen LogP) is 3.11. The summed E-state index contributed by atoms with van der Waals surface area (Å²) in [6.45, 7) is 1.26. The maximum atomic E-state index is 12.2. The van der Waals surface area contributed by atoms with Crippen LogP contribution in [0, 0.1) is 5.92 Å². The second-order valence-electron chi connectivity index (χ2n) is 7.01. The molecule has 0 unspecified atom stereocenters. The van der Waals surface area contributed by atoms with Crippen molar-refractivity contribution in [3.8, 4) is 0 Å². The highest BCUT2D eigenvalue weighted by Gasteiger charge is 2.20. The van der Waals surface area contributed by atoms with E-state index in [-0.39, 0.29) is 24.2 Å². The van der Waals surface area contributed by atoms with Crippen LogP contribution < -0.4 is 16.0 Å². The summed E-state index contributed by atoms with van der Waals surface area (Å²) >= 11 is 0. The number of carbonyl (C=O) groups is 2. The molecule has 5 nitrogen and oxygen atoms in total. The number of benzene rings is 1. The highest BCUT2D eigenvalue weighted by Crippen LogP contribution is 2.27. The lowest BCUT2D eigenvalue weighted by Gasteiger charge is -2.22. The molecule has 3 rings (SSSR count). The summed E-state index contributed by atoms with van der Waals surface area (Å²) in [5.74, 6) is 0.695. The van der Waals surface area contributed by atoms with Gasteiger partial charge in [0.1, 0.15) is 0 Å². The van der Waals surface area contributed by atoms with E-state index in [1.165, 1.54) is 32.1 Å². The Morgan fingerprint density at radius 2 is 1.64 bits per heavy atom. The first-order valence-corrected chi connectivity index (χ1v) is 9.12. The van der Waals surface area contributed by atoms with Gasteiger partial charge in [0, 0.05) is 17.3 Å². The fourth-order valence-electron chi connectivity index (χ4n) is 3.14. The molecule has 2 amide bonds. The lowest BCUT2D eigenvalue weighted by atomic mass is 9.95. The minimum atomic E-state index is -0.0462. The summed E-state index contributed by atoms with van der Waals surface area (Å²) in [5, 5.41) is 9.12. The van der Waals surface area contributed by atoms with Crippen molar-refractivity contribution in [1.82, 2.24) is 10.6 Å². The van der Waals surface area contributed by atoms with Gasteiger partial charge in [0.25, 0.3) is 5.91 Å². The molecular formula is C19H28ClN3O2. The van der Waals surface area contributed by atoms with E-state index >= 15 is 0 Å². The fraction of sp³-hybridized carbons (Fsp3) is 0.579. The Morgan fingerprint density at radius 1 is 0.960 bits per heavy atom. The molecule has 2 aliphatic carbocycles. The van der Waals surface area contributed by atoms with Crippen molar-refractivity contribution in [3.63, 3.8) is 0 Å².